The number of carbonyl (C=O) groups excluding carboxylic acids is 2. The Labute approximate surface area is 238 Å². The Bertz CT molecular complexity index is 1470. The zero-order valence-corrected chi connectivity index (χ0v) is 23.0. The number of fused-ring (bicyclic) bond motifs is 1. The summed E-state index contributed by atoms with van der Waals surface area (Å²) in [6.45, 7) is 2.67. The monoisotopic (exact) mass is 557 g/mol. The molecule has 3 heterocycles. The molecular weight excluding hydrogens is 522 g/mol. The average Bonchev–Trinajstić information content (AvgIpc) is 3.45. The number of hydrogen-bond acceptors (Lipinski definition) is 9. The molecule has 0 aliphatic carbocycles. The van der Waals surface area contributed by atoms with Gasteiger partial charge < -0.3 is 41.5 Å². The molecule has 2 aromatic carbocycles. The zero-order chi connectivity index (χ0) is 28.8. The lowest BCUT2D eigenvalue weighted by Crippen LogP contribution is -2.39. The predicted molar refractivity (Wildman–Crippen MR) is 158 cm³/mol. The number of anilines is 1. The molecule has 0 spiro atoms. The van der Waals surface area contributed by atoms with Crippen LogP contribution < -0.4 is 31.2 Å². The summed E-state index contributed by atoms with van der Waals surface area (Å²) in [5.41, 5.74) is 7.34. The number of nitrogen functional groups attached to an aromatic ring is 1. The molecule has 0 saturated carbocycles. The van der Waals surface area contributed by atoms with Gasteiger partial charge in [-0.25, -0.2) is 9.78 Å². The van der Waals surface area contributed by atoms with Gasteiger partial charge in [0.15, 0.2) is 0 Å². The van der Waals surface area contributed by atoms with Crippen molar-refractivity contribution in [2.45, 2.75) is 31.4 Å². The maximum absolute atomic E-state index is 13.0. The van der Waals surface area contributed by atoms with Gasteiger partial charge in [-0.05, 0) is 73.5 Å². The molecule has 2 aliphatic rings. The smallest absolute Gasteiger partial charge is 0.415 e. The van der Waals surface area contributed by atoms with E-state index in [1.807, 2.05) is 30.3 Å². The van der Waals surface area contributed by atoms with Crippen LogP contribution in [0.2, 0.25) is 0 Å². The van der Waals surface area contributed by atoms with Gasteiger partial charge in [-0.1, -0.05) is 12.1 Å². The van der Waals surface area contributed by atoms with Crippen LogP contribution in [0.4, 0.5) is 10.6 Å². The normalized spacial score (nSPS) is 17.7. The second-order valence-electron chi connectivity index (χ2n) is 10.2. The number of ether oxygens (including phenoxy) is 2. The van der Waals surface area contributed by atoms with Crippen molar-refractivity contribution in [3.8, 4) is 11.5 Å². The SMILES string of the molecule is CN/C=C(\C=N)c1cnc(N)c(C(=O)N[C@@H]2CCN(C(=O)Oc3ccc4ccc(OC5CCNCC5)cc4c3)C2)c1. The maximum Gasteiger partial charge on any atom is 0.415 e. The number of piperidine rings is 1. The summed E-state index contributed by atoms with van der Waals surface area (Å²) in [6, 6.07) is 12.8. The quantitative estimate of drug-likeness (QED) is 0.265. The number of rotatable bonds is 8. The van der Waals surface area contributed by atoms with Gasteiger partial charge in [-0.15, -0.1) is 0 Å². The number of nitrogens with two attached hydrogens (primary N) is 1. The average molecular weight is 558 g/mol. The van der Waals surface area contributed by atoms with Crippen LogP contribution in [0.1, 0.15) is 35.2 Å². The van der Waals surface area contributed by atoms with Crippen molar-refractivity contribution in [2.24, 2.45) is 0 Å². The Morgan fingerprint density at radius 1 is 1.10 bits per heavy atom. The van der Waals surface area contributed by atoms with Gasteiger partial charge in [0, 0.05) is 55.9 Å². The van der Waals surface area contributed by atoms with Crippen LogP contribution in [-0.2, 0) is 0 Å². The molecule has 0 bridgehead atoms. The summed E-state index contributed by atoms with van der Waals surface area (Å²) < 4.78 is 11.9. The molecule has 1 aromatic heterocycles. The number of likely N-dealkylation sites (tertiary alicyclic amines) is 1. The van der Waals surface area contributed by atoms with Crippen molar-refractivity contribution < 1.29 is 19.1 Å². The number of allylic oxidation sites excluding steroid dienone is 1. The number of nitrogens with one attached hydrogen (secondary N) is 4. The molecule has 6 N–H and O–H groups in total. The first-order valence-corrected chi connectivity index (χ1v) is 13.8. The zero-order valence-electron chi connectivity index (χ0n) is 23.0. The number of nitrogens with zero attached hydrogens (tertiary/aromatic N) is 2. The van der Waals surface area contributed by atoms with Crippen LogP contribution in [0, 0.1) is 5.41 Å². The van der Waals surface area contributed by atoms with E-state index in [4.69, 9.17) is 20.6 Å². The molecule has 2 saturated heterocycles. The van der Waals surface area contributed by atoms with Gasteiger partial charge in [-0.3, -0.25) is 4.79 Å². The molecule has 5 rings (SSSR count). The van der Waals surface area contributed by atoms with E-state index in [-0.39, 0.29) is 29.4 Å². The summed E-state index contributed by atoms with van der Waals surface area (Å²) in [4.78, 5) is 31.7. The molecule has 0 unspecified atom stereocenters. The van der Waals surface area contributed by atoms with Gasteiger partial charge in [0.25, 0.3) is 5.91 Å². The molecule has 2 amide bonds. The van der Waals surface area contributed by atoms with E-state index >= 15 is 0 Å². The summed E-state index contributed by atoms with van der Waals surface area (Å²) in [5.74, 6) is 0.957. The summed E-state index contributed by atoms with van der Waals surface area (Å²) in [6.07, 6.45) is 6.58. The number of aromatic nitrogens is 1. The molecule has 2 aliphatic heterocycles. The van der Waals surface area contributed by atoms with E-state index in [1.54, 1.807) is 30.3 Å². The molecular formula is C30H35N7O4. The highest BCUT2D eigenvalue weighted by Crippen LogP contribution is 2.27. The van der Waals surface area contributed by atoms with Crippen LogP contribution in [0.15, 0.2) is 54.9 Å². The van der Waals surface area contributed by atoms with Crippen LogP contribution in [0.3, 0.4) is 0 Å². The van der Waals surface area contributed by atoms with Gasteiger partial charge in [0.2, 0.25) is 0 Å². The van der Waals surface area contributed by atoms with Crippen molar-refractivity contribution in [3.63, 3.8) is 0 Å². The number of amides is 2. The number of hydrogen-bond donors (Lipinski definition) is 5. The minimum atomic E-state index is -0.473. The Balaban J connectivity index is 1.19. The first-order chi connectivity index (χ1) is 19.9. The van der Waals surface area contributed by atoms with Gasteiger partial charge in [0.05, 0.1) is 5.56 Å². The first-order valence-electron chi connectivity index (χ1n) is 13.8. The van der Waals surface area contributed by atoms with E-state index in [2.05, 4.69) is 20.9 Å². The fraction of sp³-hybridized carbons (Fsp3) is 0.333. The molecule has 11 nitrogen and oxygen atoms in total. The van der Waals surface area contributed by atoms with E-state index in [9.17, 15) is 9.59 Å². The highest BCUT2D eigenvalue weighted by molar-refractivity contribution is 6.09. The van der Waals surface area contributed by atoms with Crippen molar-refractivity contribution >= 4 is 40.4 Å². The van der Waals surface area contributed by atoms with Gasteiger partial charge in [-0.2, -0.15) is 0 Å². The van der Waals surface area contributed by atoms with E-state index in [1.165, 1.54) is 12.4 Å². The van der Waals surface area contributed by atoms with Crippen LogP contribution in [-0.4, -0.2) is 73.5 Å². The lowest BCUT2D eigenvalue weighted by atomic mass is 10.1. The van der Waals surface area contributed by atoms with Gasteiger partial charge >= 0.3 is 6.09 Å². The Morgan fingerprint density at radius 2 is 1.85 bits per heavy atom. The van der Waals surface area contributed by atoms with Crippen molar-refractivity contribution in [1.29, 1.82) is 5.41 Å². The third-order valence-corrected chi connectivity index (χ3v) is 7.31. The second-order valence-corrected chi connectivity index (χ2v) is 10.2. The van der Waals surface area contributed by atoms with E-state index < -0.39 is 6.09 Å². The van der Waals surface area contributed by atoms with Crippen LogP contribution >= 0.6 is 0 Å². The summed E-state index contributed by atoms with van der Waals surface area (Å²) in [5, 5.41) is 18.7. The van der Waals surface area contributed by atoms with Crippen LogP contribution in [0.25, 0.3) is 16.3 Å². The molecule has 3 aromatic rings. The van der Waals surface area contributed by atoms with Crippen molar-refractivity contribution in [2.75, 3.05) is 39.0 Å². The minimum absolute atomic E-state index is 0.0925. The van der Waals surface area contributed by atoms with Crippen molar-refractivity contribution in [1.82, 2.24) is 25.8 Å². The lowest BCUT2D eigenvalue weighted by molar-refractivity contribution is 0.0937. The van der Waals surface area contributed by atoms with Gasteiger partial charge in [0.1, 0.15) is 23.4 Å². The molecule has 0 radical (unpaired) electrons. The number of benzene rings is 2. The highest BCUT2D eigenvalue weighted by atomic mass is 16.6. The summed E-state index contributed by atoms with van der Waals surface area (Å²) in [7, 11) is 1.72. The minimum Gasteiger partial charge on any atom is -0.490 e. The maximum atomic E-state index is 13.0. The largest absolute Gasteiger partial charge is 0.490 e. The Hall–Kier alpha value is -4.64. The number of pyridine rings is 1. The fourth-order valence-corrected chi connectivity index (χ4v) is 5.10. The fourth-order valence-electron chi connectivity index (χ4n) is 5.10. The molecule has 2 fully saturated rings. The lowest BCUT2D eigenvalue weighted by Gasteiger charge is -2.24. The Morgan fingerprint density at radius 3 is 2.61 bits per heavy atom. The third kappa shape index (κ3) is 6.75. The Kier molecular flexibility index (Phi) is 8.64. The molecule has 11 heteroatoms. The number of carbonyl (C=O) groups is 2. The highest BCUT2D eigenvalue weighted by Gasteiger charge is 2.29. The second kappa shape index (κ2) is 12.7. The topological polar surface area (TPSA) is 155 Å². The van der Waals surface area contributed by atoms with E-state index in [0.717, 1.165) is 42.5 Å². The van der Waals surface area contributed by atoms with Crippen molar-refractivity contribution in [3.05, 3.63) is 66.0 Å². The predicted octanol–water partition coefficient (Wildman–Crippen LogP) is 3.16. The molecule has 41 heavy (non-hydrogen) atoms. The molecule has 1 atom stereocenters. The molecule has 214 valence electrons. The van der Waals surface area contributed by atoms with E-state index in [0.29, 0.717) is 36.4 Å². The first kappa shape index (κ1) is 27.9. The standard InChI is InChI=1S/C30H35N7O4/c1-33-16-22(15-31)21-14-27(28(32)35-17-21)29(38)36-23-8-11-37(18-23)30(39)41-26-5-3-19-2-4-25(12-20(19)13-26)40-24-6-9-34-10-7-24/h2-5,12-17,23-24,31,33-34H,6-11,18H2,1H3,(H2,32,35)(H,36,38)/b22-16+,31-15?/t23-/m1/s1. The third-order valence-electron chi connectivity index (χ3n) is 7.31. The summed E-state index contributed by atoms with van der Waals surface area (Å²) >= 11 is 0. The van der Waals surface area contributed by atoms with Crippen LogP contribution in [0.5, 0.6) is 11.5 Å².